The van der Waals surface area contributed by atoms with Crippen LogP contribution in [0.3, 0.4) is 0 Å². The molecule has 0 atom stereocenters. The monoisotopic (exact) mass is 331 g/mol. The lowest BCUT2D eigenvalue weighted by molar-refractivity contribution is 0.0176. The van der Waals surface area contributed by atoms with Crippen molar-refractivity contribution in [2.45, 2.75) is 43.7 Å². The van der Waals surface area contributed by atoms with Crippen molar-refractivity contribution in [2.75, 3.05) is 7.11 Å². The summed E-state index contributed by atoms with van der Waals surface area (Å²) in [6.45, 7) is 3.54. The summed E-state index contributed by atoms with van der Waals surface area (Å²) in [5, 5.41) is 2.89. The van der Waals surface area contributed by atoms with Gasteiger partial charge < -0.3 is 10.1 Å². The van der Waals surface area contributed by atoms with Gasteiger partial charge in [0.05, 0.1) is 11.0 Å². The number of carbonyl (C=O) groups is 1. The Morgan fingerprint density at radius 1 is 1.33 bits per heavy atom. The highest BCUT2D eigenvalue weighted by atomic mass is 35.7. The second-order valence-electron chi connectivity index (χ2n) is 5.35. The molecule has 0 aromatic heterocycles. The Balaban J connectivity index is 2.22. The molecule has 7 heteroatoms. The minimum atomic E-state index is -3.86. The van der Waals surface area contributed by atoms with E-state index in [-0.39, 0.29) is 22.9 Å². The third-order valence-electron chi connectivity index (χ3n) is 3.93. The van der Waals surface area contributed by atoms with Crippen molar-refractivity contribution in [3.63, 3.8) is 0 Å². The first-order valence-electron chi connectivity index (χ1n) is 6.62. The predicted octanol–water partition coefficient (Wildman–Crippen LogP) is 2.14. The molecule has 0 aliphatic heterocycles. The number of ether oxygens (including phenoxy) is 1. The van der Waals surface area contributed by atoms with E-state index in [1.54, 1.807) is 21.0 Å². The van der Waals surface area contributed by atoms with Crippen LogP contribution in [-0.4, -0.2) is 33.6 Å². The number of nitrogens with one attached hydrogen (secondary N) is 1. The van der Waals surface area contributed by atoms with Gasteiger partial charge in [-0.3, -0.25) is 4.79 Å². The molecule has 5 nitrogen and oxygen atoms in total. The lowest BCUT2D eigenvalue weighted by atomic mass is 9.89. The SMILES string of the molecule is COC1CC(NC(=O)c2cc(S(=O)(=O)Cl)cc(C)c2C)C1. The molecule has 1 aromatic rings. The molecule has 1 aliphatic rings. The van der Waals surface area contributed by atoms with E-state index in [0.29, 0.717) is 11.1 Å². The molecular formula is C14H18ClNO4S. The molecule has 2 rings (SSSR count). The van der Waals surface area contributed by atoms with E-state index in [9.17, 15) is 13.2 Å². The Hall–Kier alpha value is -1.11. The molecule has 1 N–H and O–H groups in total. The molecule has 1 aliphatic carbocycles. The van der Waals surface area contributed by atoms with Crippen LogP contribution < -0.4 is 5.32 Å². The first-order chi connectivity index (χ1) is 9.72. The largest absolute Gasteiger partial charge is 0.381 e. The van der Waals surface area contributed by atoms with Crippen molar-refractivity contribution in [1.82, 2.24) is 5.32 Å². The van der Waals surface area contributed by atoms with Crippen LogP contribution in [0.4, 0.5) is 0 Å². The van der Waals surface area contributed by atoms with Crippen LogP contribution in [0.25, 0.3) is 0 Å². The molecule has 0 unspecified atom stereocenters. The smallest absolute Gasteiger partial charge is 0.261 e. The van der Waals surface area contributed by atoms with Crippen LogP contribution in [-0.2, 0) is 13.8 Å². The average Bonchev–Trinajstić information content (AvgIpc) is 2.34. The second-order valence-corrected chi connectivity index (χ2v) is 7.92. The van der Waals surface area contributed by atoms with Crippen molar-refractivity contribution < 1.29 is 17.9 Å². The van der Waals surface area contributed by atoms with E-state index in [1.807, 2.05) is 0 Å². The van der Waals surface area contributed by atoms with Crippen LogP contribution in [0.15, 0.2) is 17.0 Å². The predicted molar refractivity (Wildman–Crippen MR) is 80.2 cm³/mol. The minimum absolute atomic E-state index is 0.0548. The zero-order valence-electron chi connectivity index (χ0n) is 12.1. The molecular weight excluding hydrogens is 314 g/mol. The third kappa shape index (κ3) is 3.56. The Kier molecular flexibility index (Phi) is 4.60. The van der Waals surface area contributed by atoms with E-state index in [1.165, 1.54) is 12.1 Å². The summed E-state index contributed by atoms with van der Waals surface area (Å²) >= 11 is 0. The number of methoxy groups -OCH3 is 1. The zero-order chi connectivity index (χ0) is 15.8. The number of carbonyl (C=O) groups excluding carboxylic acids is 1. The summed E-state index contributed by atoms with van der Waals surface area (Å²) in [4.78, 5) is 12.3. The van der Waals surface area contributed by atoms with E-state index >= 15 is 0 Å². The van der Waals surface area contributed by atoms with Gasteiger partial charge in [-0.15, -0.1) is 0 Å². The van der Waals surface area contributed by atoms with Gasteiger partial charge in [0.25, 0.3) is 15.0 Å². The van der Waals surface area contributed by atoms with Crippen molar-refractivity contribution in [3.05, 3.63) is 28.8 Å². The number of hydrogen-bond acceptors (Lipinski definition) is 4. The fourth-order valence-electron chi connectivity index (χ4n) is 2.34. The quantitative estimate of drug-likeness (QED) is 0.858. The van der Waals surface area contributed by atoms with Crippen LogP contribution in [0, 0.1) is 13.8 Å². The number of rotatable bonds is 4. The Morgan fingerprint density at radius 3 is 2.48 bits per heavy atom. The van der Waals surface area contributed by atoms with Gasteiger partial charge in [0.2, 0.25) is 0 Å². The number of benzene rings is 1. The topological polar surface area (TPSA) is 72.5 Å². The van der Waals surface area contributed by atoms with Gasteiger partial charge >= 0.3 is 0 Å². The van der Waals surface area contributed by atoms with E-state index in [2.05, 4.69) is 5.32 Å². The van der Waals surface area contributed by atoms with E-state index < -0.39 is 9.05 Å². The van der Waals surface area contributed by atoms with E-state index in [0.717, 1.165) is 18.4 Å². The number of amides is 1. The standard InChI is InChI=1S/C14H18ClNO4S/c1-8-4-12(21(15,18)19)7-13(9(8)2)14(17)16-10-5-11(6-10)20-3/h4,7,10-11H,5-6H2,1-3H3,(H,16,17). The summed E-state index contributed by atoms with van der Waals surface area (Å²) in [6, 6.07) is 2.86. The maximum atomic E-state index is 12.3. The van der Waals surface area contributed by atoms with Gasteiger partial charge in [0, 0.05) is 29.4 Å². The van der Waals surface area contributed by atoms with Crippen molar-refractivity contribution >= 4 is 25.6 Å². The lowest BCUT2D eigenvalue weighted by Crippen LogP contribution is -2.47. The molecule has 0 radical (unpaired) electrons. The first-order valence-corrected chi connectivity index (χ1v) is 8.93. The molecule has 0 heterocycles. The van der Waals surface area contributed by atoms with Crippen LogP contribution in [0.5, 0.6) is 0 Å². The second kappa shape index (κ2) is 5.94. The molecule has 1 saturated carbocycles. The van der Waals surface area contributed by atoms with Crippen molar-refractivity contribution in [3.8, 4) is 0 Å². The summed E-state index contributed by atoms with van der Waals surface area (Å²) in [7, 11) is 3.15. The van der Waals surface area contributed by atoms with Crippen LogP contribution >= 0.6 is 10.7 Å². The Labute approximate surface area is 129 Å². The molecule has 116 valence electrons. The highest BCUT2D eigenvalue weighted by molar-refractivity contribution is 8.13. The third-order valence-corrected chi connectivity index (χ3v) is 5.26. The van der Waals surface area contributed by atoms with Crippen LogP contribution in [0.2, 0.25) is 0 Å². The van der Waals surface area contributed by atoms with Gasteiger partial charge in [-0.1, -0.05) is 0 Å². The minimum Gasteiger partial charge on any atom is -0.381 e. The zero-order valence-corrected chi connectivity index (χ0v) is 13.7. The lowest BCUT2D eigenvalue weighted by Gasteiger charge is -2.34. The molecule has 0 bridgehead atoms. The molecule has 1 aromatic carbocycles. The number of halogens is 1. The fraction of sp³-hybridized carbons (Fsp3) is 0.500. The number of hydrogen-bond donors (Lipinski definition) is 1. The van der Waals surface area contributed by atoms with E-state index in [4.69, 9.17) is 15.4 Å². The highest BCUT2D eigenvalue weighted by Gasteiger charge is 2.31. The Bertz CT molecular complexity index is 666. The van der Waals surface area contributed by atoms with Crippen LogP contribution in [0.1, 0.15) is 34.3 Å². The molecule has 1 fully saturated rings. The summed E-state index contributed by atoms with van der Waals surface area (Å²) in [5.41, 5.74) is 1.81. The van der Waals surface area contributed by atoms with Gasteiger partial charge in [0.15, 0.2) is 0 Å². The molecule has 0 spiro atoms. The maximum absolute atomic E-state index is 12.3. The van der Waals surface area contributed by atoms with Gasteiger partial charge in [0.1, 0.15) is 0 Å². The summed E-state index contributed by atoms with van der Waals surface area (Å²) < 4.78 is 28.1. The number of aryl methyl sites for hydroxylation is 1. The van der Waals surface area contributed by atoms with Gasteiger partial charge in [-0.05, 0) is 49.9 Å². The normalized spacial score (nSPS) is 21.7. The summed E-state index contributed by atoms with van der Waals surface area (Å²) in [6.07, 6.45) is 1.73. The summed E-state index contributed by atoms with van der Waals surface area (Å²) in [5.74, 6) is -0.280. The highest BCUT2D eigenvalue weighted by Crippen LogP contribution is 2.25. The molecule has 0 saturated heterocycles. The average molecular weight is 332 g/mol. The van der Waals surface area contributed by atoms with Crippen molar-refractivity contribution in [1.29, 1.82) is 0 Å². The Morgan fingerprint density at radius 2 is 1.95 bits per heavy atom. The van der Waals surface area contributed by atoms with Gasteiger partial charge in [-0.2, -0.15) is 0 Å². The first kappa shape index (κ1) is 16.3. The molecule has 21 heavy (non-hydrogen) atoms. The maximum Gasteiger partial charge on any atom is 0.261 e. The molecule has 1 amide bonds. The van der Waals surface area contributed by atoms with Gasteiger partial charge in [-0.25, -0.2) is 8.42 Å². The van der Waals surface area contributed by atoms with Crippen molar-refractivity contribution in [2.24, 2.45) is 0 Å². The fourth-order valence-corrected chi connectivity index (χ4v) is 3.19.